The fourth-order valence-corrected chi connectivity index (χ4v) is 3.99. The van der Waals surface area contributed by atoms with Gasteiger partial charge in [0.15, 0.2) is 0 Å². The van der Waals surface area contributed by atoms with Crippen molar-refractivity contribution in [2.45, 2.75) is 18.8 Å². The van der Waals surface area contributed by atoms with E-state index in [-0.39, 0.29) is 23.7 Å². The van der Waals surface area contributed by atoms with Gasteiger partial charge in [0.05, 0.1) is 5.92 Å². The quantitative estimate of drug-likeness (QED) is 0.851. The van der Waals surface area contributed by atoms with E-state index in [1.807, 2.05) is 60.5 Å². The smallest absolute Gasteiger partial charge is 0.231 e. The third kappa shape index (κ3) is 3.24. The molecule has 4 heteroatoms. The molecule has 1 saturated carbocycles. The maximum Gasteiger partial charge on any atom is 0.231 e. The van der Waals surface area contributed by atoms with E-state index in [9.17, 15) is 9.59 Å². The molecule has 134 valence electrons. The maximum absolute atomic E-state index is 12.8. The van der Waals surface area contributed by atoms with Gasteiger partial charge < -0.3 is 9.80 Å². The molecule has 0 N–H and O–H groups in total. The summed E-state index contributed by atoms with van der Waals surface area (Å²) >= 11 is 0. The Balaban J connectivity index is 1.35. The molecule has 4 rings (SSSR count). The van der Waals surface area contributed by atoms with Crippen molar-refractivity contribution in [1.82, 2.24) is 4.90 Å². The number of benzene rings is 2. The first-order valence-corrected chi connectivity index (χ1v) is 9.31. The van der Waals surface area contributed by atoms with Gasteiger partial charge in [-0.15, -0.1) is 0 Å². The van der Waals surface area contributed by atoms with Gasteiger partial charge in [-0.25, -0.2) is 0 Å². The van der Waals surface area contributed by atoms with Crippen LogP contribution in [0.2, 0.25) is 0 Å². The summed E-state index contributed by atoms with van der Waals surface area (Å²) in [4.78, 5) is 29.2. The number of para-hydroxylation sites is 1. The standard InChI is InChI=1S/C22H24N2O2/c1-23(18-10-6-3-7-11-18)21(25)17-12-13-24(15-17)22(26)20-14-19(20)16-8-4-2-5-9-16/h2-11,17,19-20H,12-15H2,1H3/t17-,19+,20+/m1/s1. The third-order valence-corrected chi connectivity index (χ3v) is 5.66. The van der Waals surface area contributed by atoms with Gasteiger partial charge in [-0.1, -0.05) is 48.5 Å². The molecule has 2 aromatic carbocycles. The molecule has 1 aliphatic heterocycles. The number of hydrogen-bond acceptors (Lipinski definition) is 2. The zero-order valence-corrected chi connectivity index (χ0v) is 15.0. The molecule has 3 atom stereocenters. The molecule has 0 spiro atoms. The SMILES string of the molecule is CN(C(=O)[C@@H]1CCN(C(=O)[C@H]2C[C@H]2c2ccccc2)C1)c1ccccc1. The molecule has 1 saturated heterocycles. The Morgan fingerprint density at radius 2 is 1.65 bits per heavy atom. The average molecular weight is 348 g/mol. The van der Waals surface area contributed by atoms with E-state index in [1.54, 1.807) is 4.90 Å². The van der Waals surface area contributed by atoms with Crippen LogP contribution < -0.4 is 4.90 Å². The molecule has 1 heterocycles. The molecular weight excluding hydrogens is 324 g/mol. The van der Waals surface area contributed by atoms with Gasteiger partial charge in [0, 0.05) is 31.7 Å². The monoisotopic (exact) mass is 348 g/mol. The van der Waals surface area contributed by atoms with Crippen molar-refractivity contribution in [2.75, 3.05) is 25.0 Å². The fourth-order valence-electron chi connectivity index (χ4n) is 3.99. The summed E-state index contributed by atoms with van der Waals surface area (Å²) in [7, 11) is 1.81. The maximum atomic E-state index is 12.8. The number of amides is 2. The molecule has 0 radical (unpaired) electrons. The molecule has 2 aromatic rings. The summed E-state index contributed by atoms with van der Waals surface area (Å²) in [5, 5.41) is 0. The fraction of sp³-hybridized carbons (Fsp3) is 0.364. The minimum atomic E-state index is -0.0990. The second-order valence-electron chi connectivity index (χ2n) is 7.36. The number of nitrogens with zero attached hydrogens (tertiary/aromatic N) is 2. The summed E-state index contributed by atoms with van der Waals surface area (Å²) in [5.41, 5.74) is 2.15. The second-order valence-corrected chi connectivity index (χ2v) is 7.36. The Labute approximate surface area is 154 Å². The van der Waals surface area contributed by atoms with E-state index in [4.69, 9.17) is 0 Å². The first-order chi connectivity index (χ1) is 12.6. The predicted molar refractivity (Wildman–Crippen MR) is 102 cm³/mol. The van der Waals surface area contributed by atoms with Gasteiger partial charge in [-0.2, -0.15) is 0 Å². The number of anilines is 1. The normalized spacial score (nSPS) is 24.3. The third-order valence-electron chi connectivity index (χ3n) is 5.66. The Bertz CT molecular complexity index is 790. The van der Waals surface area contributed by atoms with Gasteiger partial charge in [0.25, 0.3) is 0 Å². The molecular formula is C22H24N2O2. The van der Waals surface area contributed by atoms with Crippen molar-refractivity contribution in [3.8, 4) is 0 Å². The second kappa shape index (κ2) is 6.94. The van der Waals surface area contributed by atoms with E-state index in [2.05, 4.69) is 12.1 Å². The Morgan fingerprint density at radius 3 is 2.35 bits per heavy atom. The average Bonchev–Trinajstić information content (AvgIpc) is 3.35. The molecule has 0 unspecified atom stereocenters. The zero-order chi connectivity index (χ0) is 18.1. The molecule has 26 heavy (non-hydrogen) atoms. The number of rotatable bonds is 4. The summed E-state index contributed by atoms with van der Waals surface area (Å²) in [6.07, 6.45) is 1.69. The van der Waals surface area contributed by atoms with E-state index < -0.39 is 0 Å². The van der Waals surface area contributed by atoms with Crippen molar-refractivity contribution < 1.29 is 9.59 Å². The Morgan fingerprint density at radius 1 is 1.00 bits per heavy atom. The predicted octanol–water partition coefficient (Wildman–Crippen LogP) is 3.30. The molecule has 2 fully saturated rings. The van der Waals surface area contributed by atoms with Crippen LogP contribution in [-0.4, -0.2) is 36.9 Å². The van der Waals surface area contributed by atoms with Crippen LogP contribution in [0.4, 0.5) is 5.69 Å². The van der Waals surface area contributed by atoms with Crippen LogP contribution in [0.5, 0.6) is 0 Å². The van der Waals surface area contributed by atoms with Crippen LogP contribution >= 0.6 is 0 Å². The molecule has 1 aliphatic carbocycles. The van der Waals surface area contributed by atoms with Crippen LogP contribution in [-0.2, 0) is 9.59 Å². The van der Waals surface area contributed by atoms with Crippen molar-refractivity contribution in [3.63, 3.8) is 0 Å². The molecule has 4 nitrogen and oxygen atoms in total. The van der Waals surface area contributed by atoms with Gasteiger partial charge in [0.2, 0.25) is 11.8 Å². The Hall–Kier alpha value is -2.62. The minimum Gasteiger partial charge on any atom is -0.342 e. The van der Waals surface area contributed by atoms with Gasteiger partial charge >= 0.3 is 0 Å². The van der Waals surface area contributed by atoms with Gasteiger partial charge in [-0.3, -0.25) is 9.59 Å². The number of carbonyl (C=O) groups is 2. The lowest BCUT2D eigenvalue weighted by molar-refractivity contribution is -0.132. The lowest BCUT2D eigenvalue weighted by atomic mass is 10.1. The highest BCUT2D eigenvalue weighted by molar-refractivity contribution is 5.95. The molecule has 0 bridgehead atoms. The Kier molecular flexibility index (Phi) is 4.49. The number of carbonyl (C=O) groups excluding carboxylic acids is 2. The molecule has 2 aliphatic rings. The van der Waals surface area contributed by atoms with E-state index in [1.165, 1.54) is 5.56 Å². The van der Waals surface area contributed by atoms with Crippen molar-refractivity contribution in [1.29, 1.82) is 0 Å². The minimum absolute atomic E-state index is 0.0955. The van der Waals surface area contributed by atoms with E-state index in [0.29, 0.717) is 19.0 Å². The first kappa shape index (κ1) is 16.8. The number of hydrogen-bond donors (Lipinski definition) is 0. The van der Waals surface area contributed by atoms with Crippen molar-refractivity contribution in [2.24, 2.45) is 11.8 Å². The van der Waals surface area contributed by atoms with Crippen LogP contribution in [0.25, 0.3) is 0 Å². The van der Waals surface area contributed by atoms with Crippen molar-refractivity contribution >= 4 is 17.5 Å². The zero-order valence-electron chi connectivity index (χ0n) is 15.0. The van der Waals surface area contributed by atoms with E-state index in [0.717, 1.165) is 18.5 Å². The van der Waals surface area contributed by atoms with Crippen molar-refractivity contribution in [3.05, 3.63) is 66.2 Å². The lowest BCUT2D eigenvalue weighted by Crippen LogP contribution is -2.36. The van der Waals surface area contributed by atoms with Crippen LogP contribution in [0.1, 0.15) is 24.3 Å². The first-order valence-electron chi connectivity index (χ1n) is 9.31. The topological polar surface area (TPSA) is 40.6 Å². The van der Waals surface area contributed by atoms with Crippen LogP contribution in [0.15, 0.2) is 60.7 Å². The summed E-state index contributed by atoms with van der Waals surface area (Å²) in [6.45, 7) is 1.24. The molecule has 2 amide bonds. The van der Waals surface area contributed by atoms with Crippen LogP contribution in [0, 0.1) is 11.8 Å². The van der Waals surface area contributed by atoms with Gasteiger partial charge in [0.1, 0.15) is 0 Å². The summed E-state index contributed by atoms with van der Waals surface area (Å²) in [6, 6.07) is 19.9. The highest BCUT2D eigenvalue weighted by Crippen LogP contribution is 2.48. The van der Waals surface area contributed by atoms with E-state index >= 15 is 0 Å². The highest BCUT2D eigenvalue weighted by Gasteiger charge is 2.47. The summed E-state index contributed by atoms with van der Waals surface area (Å²) < 4.78 is 0. The van der Waals surface area contributed by atoms with Crippen LogP contribution in [0.3, 0.4) is 0 Å². The largest absolute Gasteiger partial charge is 0.342 e. The summed E-state index contributed by atoms with van der Waals surface area (Å²) in [5.74, 6) is 0.667. The molecule has 0 aromatic heterocycles. The van der Waals surface area contributed by atoms with Gasteiger partial charge in [-0.05, 0) is 36.5 Å². The lowest BCUT2D eigenvalue weighted by Gasteiger charge is -2.22. The number of likely N-dealkylation sites (tertiary alicyclic amines) is 1. The highest BCUT2D eigenvalue weighted by atomic mass is 16.2.